The molecule has 5 nitrogen and oxygen atoms in total. The molecule has 0 radical (unpaired) electrons. The van der Waals surface area contributed by atoms with Crippen molar-refractivity contribution in [1.82, 2.24) is 9.71 Å². The summed E-state index contributed by atoms with van der Waals surface area (Å²) in [5, 5.41) is 0.253. The number of hydrogen-bond acceptors (Lipinski definition) is 4. The van der Waals surface area contributed by atoms with Gasteiger partial charge in [-0.15, -0.1) is 0 Å². The third-order valence-corrected chi connectivity index (χ3v) is 6.68. The molecule has 0 saturated carbocycles. The molecule has 1 aliphatic heterocycles. The van der Waals surface area contributed by atoms with Crippen LogP contribution in [0.1, 0.15) is 18.5 Å². The van der Waals surface area contributed by atoms with Gasteiger partial charge in [0.2, 0.25) is 10.0 Å². The van der Waals surface area contributed by atoms with Gasteiger partial charge in [0.1, 0.15) is 10.7 Å². The molecular formula is C17H19Cl2N3O2S. The van der Waals surface area contributed by atoms with E-state index in [9.17, 15) is 8.42 Å². The van der Waals surface area contributed by atoms with Gasteiger partial charge in [-0.3, -0.25) is 0 Å². The summed E-state index contributed by atoms with van der Waals surface area (Å²) in [6.45, 7) is 3.43. The molecule has 0 spiro atoms. The fourth-order valence-corrected chi connectivity index (χ4v) is 5.40. The van der Waals surface area contributed by atoms with Crippen LogP contribution in [0, 0.1) is 6.92 Å². The normalized spacial score (nSPS) is 16.2. The minimum atomic E-state index is -3.76. The molecule has 0 amide bonds. The van der Waals surface area contributed by atoms with Gasteiger partial charge in [0.15, 0.2) is 0 Å². The number of halogens is 2. The summed E-state index contributed by atoms with van der Waals surface area (Å²) in [5.41, 5.74) is 0.966. The van der Waals surface area contributed by atoms with E-state index in [4.69, 9.17) is 23.2 Å². The first-order valence-electron chi connectivity index (χ1n) is 8.02. The maximum absolute atomic E-state index is 12.6. The van der Waals surface area contributed by atoms with E-state index in [1.54, 1.807) is 6.07 Å². The van der Waals surface area contributed by atoms with E-state index in [0.29, 0.717) is 12.8 Å². The zero-order valence-electron chi connectivity index (χ0n) is 13.7. The monoisotopic (exact) mass is 399 g/mol. The van der Waals surface area contributed by atoms with Crippen molar-refractivity contribution in [2.45, 2.75) is 30.7 Å². The number of anilines is 1. The quantitative estimate of drug-likeness (QED) is 0.851. The zero-order chi connectivity index (χ0) is 18.0. The highest BCUT2D eigenvalue weighted by atomic mass is 35.5. The van der Waals surface area contributed by atoms with Crippen LogP contribution in [0.3, 0.4) is 0 Å². The Hall–Kier alpha value is -1.34. The molecule has 2 heterocycles. The van der Waals surface area contributed by atoms with Gasteiger partial charge < -0.3 is 4.90 Å². The first-order valence-corrected chi connectivity index (χ1v) is 10.3. The molecule has 3 rings (SSSR count). The molecule has 8 heteroatoms. The first kappa shape index (κ1) is 18.5. The Kier molecular flexibility index (Phi) is 5.53. The molecule has 1 aromatic carbocycles. The van der Waals surface area contributed by atoms with E-state index < -0.39 is 10.0 Å². The van der Waals surface area contributed by atoms with Crippen LogP contribution >= 0.6 is 23.2 Å². The van der Waals surface area contributed by atoms with Gasteiger partial charge in [0.25, 0.3) is 0 Å². The highest BCUT2D eigenvalue weighted by molar-refractivity contribution is 7.89. The molecular weight excluding hydrogens is 381 g/mol. The number of benzene rings is 1. The van der Waals surface area contributed by atoms with E-state index in [1.165, 1.54) is 12.1 Å². The van der Waals surface area contributed by atoms with E-state index in [1.807, 2.05) is 25.1 Å². The van der Waals surface area contributed by atoms with E-state index in [-0.39, 0.29) is 21.0 Å². The fraction of sp³-hybridized carbons (Fsp3) is 0.353. The molecule has 1 saturated heterocycles. The summed E-state index contributed by atoms with van der Waals surface area (Å²) < 4.78 is 28.0. The van der Waals surface area contributed by atoms with Crippen LogP contribution < -0.4 is 9.62 Å². The predicted molar refractivity (Wildman–Crippen MR) is 101 cm³/mol. The summed E-state index contributed by atoms with van der Waals surface area (Å²) in [6, 6.07) is 10.4. The number of rotatable bonds is 4. The van der Waals surface area contributed by atoms with Gasteiger partial charge in [-0.05, 0) is 44.0 Å². The summed E-state index contributed by atoms with van der Waals surface area (Å²) in [6.07, 6.45) is 1.38. The second-order valence-corrected chi connectivity index (χ2v) is 8.54. The SMILES string of the molecule is Cc1cccc(N2CCC(NS(=O)(=O)c3c(Cl)cccc3Cl)CC2)n1. The number of aryl methyl sites for hydroxylation is 1. The molecule has 0 atom stereocenters. The average Bonchev–Trinajstić information content (AvgIpc) is 2.54. The molecule has 0 unspecified atom stereocenters. The average molecular weight is 400 g/mol. The van der Waals surface area contributed by atoms with Crippen molar-refractivity contribution >= 4 is 39.0 Å². The van der Waals surface area contributed by atoms with Crippen molar-refractivity contribution < 1.29 is 8.42 Å². The van der Waals surface area contributed by atoms with Gasteiger partial charge in [-0.1, -0.05) is 35.3 Å². The van der Waals surface area contributed by atoms with Crippen LogP contribution in [0.5, 0.6) is 0 Å². The third kappa shape index (κ3) is 4.26. The van der Waals surface area contributed by atoms with Gasteiger partial charge in [0.05, 0.1) is 10.0 Å². The van der Waals surface area contributed by atoms with Crippen LogP contribution in [-0.4, -0.2) is 32.5 Å². The largest absolute Gasteiger partial charge is 0.356 e. The van der Waals surface area contributed by atoms with Crippen LogP contribution in [0.4, 0.5) is 5.82 Å². The molecule has 0 bridgehead atoms. The topological polar surface area (TPSA) is 62.3 Å². The molecule has 1 aromatic heterocycles. The number of pyridine rings is 1. The number of hydrogen-bond donors (Lipinski definition) is 1. The second kappa shape index (κ2) is 7.50. The van der Waals surface area contributed by atoms with Crippen LogP contribution in [0.15, 0.2) is 41.3 Å². The number of nitrogens with one attached hydrogen (secondary N) is 1. The Bertz CT molecular complexity index is 846. The Morgan fingerprint density at radius 1 is 1.08 bits per heavy atom. The second-order valence-electron chi connectivity index (χ2n) is 6.07. The molecule has 1 fully saturated rings. The van der Waals surface area contributed by atoms with Crippen LogP contribution in [0.25, 0.3) is 0 Å². The first-order chi connectivity index (χ1) is 11.9. The number of aromatic nitrogens is 1. The Morgan fingerprint density at radius 3 is 2.28 bits per heavy atom. The van der Waals surface area contributed by atoms with Crippen molar-refractivity contribution in [3.05, 3.63) is 52.1 Å². The molecule has 1 aliphatic rings. The van der Waals surface area contributed by atoms with E-state index in [2.05, 4.69) is 14.6 Å². The smallest absolute Gasteiger partial charge is 0.243 e. The molecule has 0 aliphatic carbocycles. The number of nitrogens with zero attached hydrogens (tertiary/aromatic N) is 2. The van der Waals surface area contributed by atoms with Crippen LogP contribution in [0.2, 0.25) is 10.0 Å². The minimum absolute atomic E-state index is 0.0545. The lowest BCUT2D eigenvalue weighted by Crippen LogP contribution is -2.45. The molecule has 1 N–H and O–H groups in total. The van der Waals surface area contributed by atoms with Gasteiger partial charge in [0, 0.05) is 24.8 Å². The number of sulfonamides is 1. The van der Waals surface area contributed by atoms with Gasteiger partial charge >= 0.3 is 0 Å². The molecule has 134 valence electrons. The lowest BCUT2D eigenvalue weighted by molar-refractivity contribution is 0.458. The lowest BCUT2D eigenvalue weighted by atomic mass is 10.1. The minimum Gasteiger partial charge on any atom is -0.356 e. The molecule has 25 heavy (non-hydrogen) atoms. The van der Waals surface area contributed by atoms with Crippen molar-refractivity contribution in [3.8, 4) is 0 Å². The van der Waals surface area contributed by atoms with Crippen molar-refractivity contribution in [2.75, 3.05) is 18.0 Å². The van der Waals surface area contributed by atoms with E-state index >= 15 is 0 Å². The maximum Gasteiger partial charge on any atom is 0.243 e. The van der Waals surface area contributed by atoms with Crippen molar-refractivity contribution in [3.63, 3.8) is 0 Å². The zero-order valence-corrected chi connectivity index (χ0v) is 16.1. The summed E-state index contributed by atoms with van der Waals surface area (Å²) >= 11 is 12.1. The Balaban J connectivity index is 1.68. The maximum atomic E-state index is 12.6. The third-order valence-electron chi connectivity index (χ3n) is 4.20. The van der Waals surface area contributed by atoms with Gasteiger partial charge in [-0.25, -0.2) is 18.1 Å². The van der Waals surface area contributed by atoms with Crippen molar-refractivity contribution in [1.29, 1.82) is 0 Å². The summed E-state index contributed by atoms with van der Waals surface area (Å²) in [7, 11) is -3.76. The van der Waals surface area contributed by atoms with E-state index in [0.717, 1.165) is 24.6 Å². The van der Waals surface area contributed by atoms with Crippen LogP contribution in [-0.2, 0) is 10.0 Å². The number of piperidine rings is 1. The molecule has 2 aromatic rings. The fourth-order valence-electron chi connectivity index (χ4n) is 2.95. The Labute approximate surface area is 158 Å². The highest BCUT2D eigenvalue weighted by Crippen LogP contribution is 2.29. The summed E-state index contributed by atoms with van der Waals surface area (Å²) in [5.74, 6) is 0.926. The summed E-state index contributed by atoms with van der Waals surface area (Å²) in [4.78, 5) is 6.63. The lowest BCUT2D eigenvalue weighted by Gasteiger charge is -2.33. The standard InChI is InChI=1S/C17H19Cl2N3O2S/c1-12-4-2-7-16(20-12)22-10-8-13(9-11-22)21-25(23,24)17-14(18)5-3-6-15(17)19/h2-7,13,21H,8-11H2,1H3. The Morgan fingerprint density at radius 2 is 1.68 bits per heavy atom. The van der Waals surface area contributed by atoms with Gasteiger partial charge in [-0.2, -0.15) is 0 Å². The van der Waals surface area contributed by atoms with Crippen molar-refractivity contribution in [2.24, 2.45) is 0 Å². The predicted octanol–water partition coefficient (Wildman–Crippen LogP) is 3.64. The highest BCUT2D eigenvalue weighted by Gasteiger charge is 2.28.